The lowest BCUT2D eigenvalue weighted by Gasteiger charge is -2.20. The van der Waals surface area contributed by atoms with Crippen molar-refractivity contribution < 1.29 is 0 Å². The fourth-order valence-electron chi connectivity index (χ4n) is 3.08. The topological polar surface area (TPSA) is 15.3 Å². The number of allylic oxidation sites excluding steroid dienone is 2. The Morgan fingerprint density at radius 3 is 2.73 bits per heavy atom. The highest BCUT2D eigenvalue weighted by Crippen LogP contribution is 2.33. The van der Waals surface area contributed by atoms with Crippen molar-refractivity contribution in [3.63, 3.8) is 0 Å². The van der Waals surface area contributed by atoms with Gasteiger partial charge in [-0.3, -0.25) is 0 Å². The van der Waals surface area contributed by atoms with Gasteiger partial charge in [0.2, 0.25) is 0 Å². The van der Waals surface area contributed by atoms with Crippen LogP contribution in [-0.2, 0) is 0 Å². The monoisotopic (exact) mass is 298 g/mol. The number of rotatable bonds is 8. The summed E-state index contributed by atoms with van der Waals surface area (Å²) in [5.41, 5.74) is 5.79. The molecule has 1 atom stereocenters. The summed E-state index contributed by atoms with van der Waals surface area (Å²) in [5.74, 6) is 0. The van der Waals surface area contributed by atoms with Gasteiger partial charge in [0.25, 0.3) is 0 Å². The quantitative estimate of drug-likeness (QED) is 0.715. The van der Waals surface area contributed by atoms with Crippen LogP contribution in [0.5, 0.6) is 0 Å². The van der Waals surface area contributed by atoms with Gasteiger partial charge in [-0.05, 0) is 62.7 Å². The van der Waals surface area contributed by atoms with Crippen molar-refractivity contribution in [3.8, 4) is 0 Å². The summed E-state index contributed by atoms with van der Waals surface area (Å²) in [4.78, 5) is 2.25. The van der Waals surface area contributed by atoms with Gasteiger partial charge in [0, 0.05) is 12.6 Å². The molecule has 1 unspecified atom stereocenters. The maximum Gasteiger partial charge on any atom is 0.0297 e. The lowest BCUT2D eigenvalue weighted by Crippen LogP contribution is -2.21. The molecule has 1 aliphatic rings. The molecule has 0 amide bonds. The van der Waals surface area contributed by atoms with Gasteiger partial charge in [-0.2, -0.15) is 0 Å². The van der Waals surface area contributed by atoms with Gasteiger partial charge in [0.15, 0.2) is 0 Å². The first kappa shape index (κ1) is 17.0. The number of unbranched alkanes of at least 4 members (excludes halogenated alkanes) is 1. The van der Waals surface area contributed by atoms with Crippen LogP contribution in [0.2, 0.25) is 0 Å². The van der Waals surface area contributed by atoms with Crippen molar-refractivity contribution in [2.75, 3.05) is 27.2 Å². The van der Waals surface area contributed by atoms with E-state index in [4.69, 9.17) is 0 Å². The summed E-state index contributed by atoms with van der Waals surface area (Å²) in [7, 11) is 4.27. The fraction of sp³-hybridized carbons (Fsp3) is 0.500. The zero-order valence-corrected chi connectivity index (χ0v) is 14.5. The maximum absolute atomic E-state index is 3.67. The van der Waals surface area contributed by atoms with E-state index in [1.54, 1.807) is 0 Å². The van der Waals surface area contributed by atoms with Crippen molar-refractivity contribution in [2.45, 2.75) is 39.2 Å². The van der Waals surface area contributed by atoms with Gasteiger partial charge in [0.1, 0.15) is 0 Å². The Balaban J connectivity index is 2.24. The molecule has 2 heteroatoms. The molecule has 0 aromatic heterocycles. The minimum atomic E-state index is 0.399. The van der Waals surface area contributed by atoms with E-state index in [1.165, 1.54) is 35.1 Å². The van der Waals surface area contributed by atoms with Crippen LogP contribution in [0.4, 0.5) is 0 Å². The minimum Gasteiger partial charge on any atom is -0.310 e. The van der Waals surface area contributed by atoms with E-state index in [0.29, 0.717) is 6.04 Å². The maximum atomic E-state index is 3.67. The highest BCUT2D eigenvalue weighted by Gasteiger charge is 2.17. The molecular formula is C20H30N2. The molecular weight excluding hydrogens is 268 g/mol. The predicted octanol–water partition coefficient (Wildman–Crippen LogP) is 4.41. The SMILES string of the molecule is CCCCNC(C)c1ccccc1C1=C(CN(C)C)C=CC1. The first-order valence-corrected chi connectivity index (χ1v) is 8.49. The molecule has 0 saturated carbocycles. The van der Waals surface area contributed by atoms with E-state index in [-0.39, 0.29) is 0 Å². The van der Waals surface area contributed by atoms with E-state index < -0.39 is 0 Å². The Morgan fingerprint density at radius 2 is 2.00 bits per heavy atom. The normalized spacial score (nSPS) is 15.9. The molecule has 1 aromatic carbocycles. The number of hydrogen-bond acceptors (Lipinski definition) is 2. The molecule has 0 bridgehead atoms. The van der Waals surface area contributed by atoms with Crippen LogP contribution in [0.1, 0.15) is 50.3 Å². The Kier molecular flexibility index (Phi) is 6.41. The average Bonchev–Trinajstić information content (AvgIpc) is 2.94. The molecule has 0 saturated heterocycles. The smallest absolute Gasteiger partial charge is 0.0297 e. The molecule has 1 N–H and O–H groups in total. The summed E-state index contributed by atoms with van der Waals surface area (Å²) >= 11 is 0. The Hall–Kier alpha value is -1.38. The van der Waals surface area contributed by atoms with Crippen molar-refractivity contribution in [2.24, 2.45) is 0 Å². The van der Waals surface area contributed by atoms with E-state index >= 15 is 0 Å². The molecule has 0 heterocycles. The van der Waals surface area contributed by atoms with Crippen molar-refractivity contribution in [3.05, 3.63) is 53.1 Å². The number of benzene rings is 1. The third kappa shape index (κ3) is 4.31. The molecule has 2 nitrogen and oxygen atoms in total. The van der Waals surface area contributed by atoms with Gasteiger partial charge >= 0.3 is 0 Å². The second-order valence-corrected chi connectivity index (χ2v) is 6.46. The Labute approximate surface area is 135 Å². The fourth-order valence-corrected chi connectivity index (χ4v) is 3.08. The molecule has 1 aromatic rings. The number of nitrogens with one attached hydrogen (secondary N) is 1. The first-order chi connectivity index (χ1) is 10.6. The van der Waals surface area contributed by atoms with Crippen molar-refractivity contribution >= 4 is 5.57 Å². The second-order valence-electron chi connectivity index (χ2n) is 6.46. The van der Waals surface area contributed by atoms with E-state index in [9.17, 15) is 0 Å². The van der Waals surface area contributed by atoms with E-state index in [0.717, 1.165) is 19.5 Å². The summed E-state index contributed by atoms with van der Waals surface area (Å²) in [5, 5.41) is 3.67. The molecule has 22 heavy (non-hydrogen) atoms. The number of hydrogen-bond donors (Lipinski definition) is 1. The van der Waals surface area contributed by atoms with Crippen LogP contribution in [-0.4, -0.2) is 32.1 Å². The lowest BCUT2D eigenvalue weighted by molar-refractivity contribution is 0.449. The van der Waals surface area contributed by atoms with Crippen LogP contribution in [0, 0.1) is 0 Å². The highest BCUT2D eigenvalue weighted by molar-refractivity contribution is 5.77. The van der Waals surface area contributed by atoms with Crippen molar-refractivity contribution in [1.29, 1.82) is 0 Å². The van der Waals surface area contributed by atoms with Gasteiger partial charge < -0.3 is 10.2 Å². The first-order valence-electron chi connectivity index (χ1n) is 8.49. The predicted molar refractivity (Wildman–Crippen MR) is 97.0 cm³/mol. The zero-order valence-electron chi connectivity index (χ0n) is 14.5. The van der Waals surface area contributed by atoms with Crippen LogP contribution in [0.25, 0.3) is 5.57 Å². The van der Waals surface area contributed by atoms with Gasteiger partial charge in [-0.1, -0.05) is 49.8 Å². The second kappa shape index (κ2) is 8.30. The average molecular weight is 298 g/mol. The molecule has 0 fully saturated rings. The molecule has 0 radical (unpaired) electrons. The summed E-state index contributed by atoms with van der Waals surface area (Å²) in [6.07, 6.45) is 8.12. The summed E-state index contributed by atoms with van der Waals surface area (Å²) < 4.78 is 0. The zero-order chi connectivity index (χ0) is 15.9. The third-order valence-electron chi connectivity index (χ3n) is 4.25. The third-order valence-corrected chi connectivity index (χ3v) is 4.25. The van der Waals surface area contributed by atoms with Crippen LogP contribution in [0.15, 0.2) is 42.0 Å². The van der Waals surface area contributed by atoms with E-state index in [1.807, 2.05) is 0 Å². The van der Waals surface area contributed by atoms with Crippen LogP contribution >= 0.6 is 0 Å². The Bertz CT molecular complexity index is 540. The van der Waals surface area contributed by atoms with Gasteiger partial charge in [0.05, 0.1) is 0 Å². The number of nitrogens with zero attached hydrogens (tertiary/aromatic N) is 1. The summed E-state index contributed by atoms with van der Waals surface area (Å²) in [6.45, 7) is 6.62. The molecule has 2 rings (SSSR count). The Morgan fingerprint density at radius 1 is 1.23 bits per heavy atom. The molecule has 1 aliphatic carbocycles. The number of likely N-dealkylation sites (N-methyl/N-ethyl adjacent to an activating group) is 1. The van der Waals surface area contributed by atoms with Crippen LogP contribution in [0.3, 0.4) is 0 Å². The van der Waals surface area contributed by atoms with Gasteiger partial charge in [-0.15, -0.1) is 0 Å². The van der Waals surface area contributed by atoms with Gasteiger partial charge in [-0.25, -0.2) is 0 Å². The summed E-state index contributed by atoms with van der Waals surface area (Å²) in [6, 6.07) is 9.28. The van der Waals surface area contributed by atoms with E-state index in [2.05, 4.69) is 74.6 Å². The standard InChI is InChI=1S/C20H30N2/c1-5-6-14-21-16(2)18-11-7-8-12-20(18)19-13-9-10-17(19)15-22(3)4/h7-12,16,21H,5-6,13-15H2,1-4H3. The molecule has 0 spiro atoms. The lowest BCUT2D eigenvalue weighted by atomic mass is 9.92. The van der Waals surface area contributed by atoms with Crippen molar-refractivity contribution in [1.82, 2.24) is 10.2 Å². The molecule has 120 valence electrons. The minimum absolute atomic E-state index is 0.399. The largest absolute Gasteiger partial charge is 0.310 e. The molecule has 0 aliphatic heterocycles. The highest BCUT2D eigenvalue weighted by atomic mass is 15.0. The van der Waals surface area contributed by atoms with Crippen LogP contribution < -0.4 is 5.32 Å².